The van der Waals surface area contributed by atoms with E-state index in [9.17, 15) is 9.59 Å². The smallest absolute Gasteiger partial charge is 0.317 e. The number of nitrogens with one attached hydrogen (secondary N) is 1. The largest absolute Gasteiger partial charge is 0.480 e. The molecule has 24 heavy (non-hydrogen) atoms. The molecule has 1 atom stereocenters. The van der Waals surface area contributed by atoms with Crippen molar-refractivity contribution in [3.63, 3.8) is 0 Å². The Hall–Kier alpha value is -1.59. The summed E-state index contributed by atoms with van der Waals surface area (Å²) in [6.45, 7) is 4.65. The normalized spacial score (nSPS) is 21.2. The van der Waals surface area contributed by atoms with E-state index in [0.717, 1.165) is 18.4 Å². The van der Waals surface area contributed by atoms with Crippen LogP contribution in [0.2, 0.25) is 5.02 Å². The lowest BCUT2D eigenvalue weighted by molar-refractivity contribution is -0.140. The first-order valence-corrected chi connectivity index (χ1v) is 8.77. The molecule has 2 N–H and O–H groups in total. The number of nitrogens with zero attached hydrogens (tertiary/aromatic N) is 1. The fraction of sp³-hybridized carbons (Fsp3) is 0.556. The van der Waals surface area contributed by atoms with Crippen molar-refractivity contribution in [3.05, 3.63) is 34.9 Å². The summed E-state index contributed by atoms with van der Waals surface area (Å²) in [5, 5.41) is 12.7. The van der Waals surface area contributed by atoms with E-state index >= 15 is 0 Å². The van der Waals surface area contributed by atoms with Gasteiger partial charge in [0.05, 0.1) is 6.54 Å². The van der Waals surface area contributed by atoms with Crippen molar-refractivity contribution in [2.24, 2.45) is 5.92 Å². The molecule has 0 aliphatic heterocycles. The lowest BCUT2D eigenvalue weighted by Crippen LogP contribution is -2.55. The number of aliphatic carboxylic acids is 1. The summed E-state index contributed by atoms with van der Waals surface area (Å²) >= 11 is 5.97. The predicted molar refractivity (Wildman–Crippen MR) is 94.2 cm³/mol. The second kappa shape index (κ2) is 8.49. The van der Waals surface area contributed by atoms with Gasteiger partial charge in [0.15, 0.2) is 0 Å². The van der Waals surface area contributed by atoms with Gasteiger partial charge in [-0.3, -0.25) is 14.5 Å². The maximum Gasteiger partial charge on any atom is 0.317 e. The van der Waals surface area contributed by atoms with Crippen LogP contribution in [0.3, 0.4) is 0 Å². The quantitative estimate of drug-likeness (QED) is 0.754. The van der Waals surface area contributed by atoms with Gasteiger partial charge >= 0.3 is 5.97 Å². The maximum absolute atomic E-state index is 12.3. The Morgan fingerprint density at radius 2 is 2.12 bits per heavy atom. The monoisotopic (exact) mass is 352 g/mol. The molecule has 1 aliphatic rings. The van der Waals surface area contributed by atoms with Crippen LogP contribution in [0.4, 0.5) is 0 Å². The summed E-state index contributed by atoms with van der Waals surface area (Å²) in [6, 6.07) is 7.96. The highest BCUT2D eigenvalue weighted by Gasteiger charge is 2.35. The lowest BCUT2D eigenvalue weighted by atomic mass is 9.84. The molecule has 1 amide bonds. The Morgan fingerprint density at radius 1 is 1.42 bits per heavy atom. The van der Waals surface area contributed by atoms with E-state index in [2.05, 4.69) is 5.32 Å². The molecule has 1 unspecified atom stereocenters. The third-order valence-corrected chi connectivity index (χ3v) is 4.83. The van der Waals surface area contributed by atoms with Crippen molar-refractivity contribution >= 4 is 23.5 Å². The van der Waals surface area contributed by atoms with Gasteiger partial charge in [0.2, 0.25) is 5.91 Å². The van der Waals surface area contributed by atoms with Crippen LogP contribution in [0.1, 0.15) is 32.3 Å². The van der Waals surface area contributed by atoms with Gasteiger partial charge in [0.1, 0.15) is 0 Å². The third-order valence-electron chi connectivity index (χ3n) is 4.60. The minimum absolute atomic E-state index is 0.0414. The van der Waals surface area contributed by atoms with E-state index in [1.165, 1.54) is 0 Å². The SMILES string of the molecule is CCN(CC(=O)O)C1CC(NC(=O)C(C)Cc2cccc(Cl)c2)C1. The number of carbonyl (C=O) groups excluding carboxylic acids is 1. The molecule has 5 nitrogen and oxygen atoms in total. The topological polar surface area (TPSA) is 69.6 Å². The van der Waals surface area contributed by atoms with E-state index in [4.69, 9.17) is 16.7 Å². The van der Waals surface area contributed by atoms with Crippen LogP contribution in [0.25, 0.3) is 0 Å². The van der Waals surface area contributed by atoms with E-state index in [1.807, 2.05) is 43.0 Å². The van der Waals surface area contributed by atoms with Crippen LogP contribution in [0, 0.1) is 5.92 Å². The highest BCUT2D eigenvalue weighted by Crippen LogP contribution is 2.26. The molecule has 0 bridgehead atoms. The minimum atomic E-state index is -0.806. The Bertz CT molecular complexity index is 587. The first-order valence-electron chi connectivity index (χ1n) is 8.39. The molecule has 6 heteroatoms. The van der Waals surface area contributed by atoms with Gasteiger partial charge in [-0.2, -0.15) is 0 Å². The number of amides is 1. The van der Waals surface area contributed by atoms with Crippen molar-refractivity contribution in [1.29, 1.82) is 0 Å². The zero-order valence-electron chi connectivity index (χ0n) is 14.2. The molecule has 0 aromatic heterocycles. The second-order valence-electron chi connectivity index (χ2n) is 6.52. The zero-order chi connectivity index (χ0) is 17.7. The first kappa shape index (κ1) is 18.7. The van der Waals surface area contributed by atoms with Crippen LogP contribution >= 0.6 is 11.6 Å². The summed E-state index contributed by atoms with van der Waals surface area (Å²) in [4.78, 5) is 25.1. The molecule has 1 fully saturated rings. The van der Waals surface area contributed by atoms with Crippen molar-refractivity contribution in [3.8, 4) is 0 Å². The Balaban J connectivity index is 1.76. The van der Waals surface area contributed by atoms with E-state index < -0.39 is 5.97 Å². The first-order chi connectivity index (χ1) is 11.4. The summed E-state index contributed by atoms with van der Waals surface area (Å²) in [6.07, 6.45) is 2.29. The summed E-state index contributed by atoms with van der Waals surface area (Å²) < 4.78 is 0. The summed E-state index contributed by atoms with van der Waals surface area (Å²) in [5.41, 5.74) is 1.05. The number of likely N-dealkylation sites (N-methyl/N-ethyl adjacent to an activating group) is 1. The number of benzene rings is 1. The number of hydrogen-bond donors (Lipinski definition) is 2. The predicted octanol–water partition coefficient (Wildman–Crippen LogP) is 2.57. The van der Waals surface area contributed by atoms with E-state index in [1.54, 1.807) is 0 Å². The number of halogens is 1. The number of hydrogen-bond acceptors (Lipinski definition) is 3. The highest BCUT2D eigenvalue weighted by atomic mass is 35.5. The molecule has 0 spiro atoms. The molecule has 2 rings (SSSR count). The minimum Gasteiger partial charge on any atom is -0.480 e. The van der Waals surface area contributed by atoms with Crippen LogP contribution in [-0.4, -0.2) is 47.1 Å². The molecular weight excluding hydrogens is 328 g/mol. The molecule has 0 saturated heterocycles. The maximum atomic E-state index is 12.3. The molecule has 0 heterocycles. The number of carboxylic acids is 1. The van der Waals surface area contributed by atoms with Gasteiger partial charge in [0, 0.05) is 23.0 Å². The Kier molecular flexibility index (Phi) is 6.63. The third kappa shape index (κ3) is 5.21. The van der Waals surface area contributed by atoms with Gasteiger partial charge < -0.3 is 10.4 Å². The van der Waals surface area contributed by atoms with E-state index in [0.29, 0.717) is 18.0 Å². The molecule has 0 radical (unpaired) electrons. The van der Waals surface area contributed by atoms with Crippen LogP contribution < -0.4 is 5.32 Å². The van der Waals surface area contributed by atoms with E-state index in [-0.39, 0.29) is 30.5 Å². The lowest BCUT2D eigenvalue weighted by Gasteiger charge is -2.42. The average Bonchev–Trinajstić information content (AvgIpc) is 2.48. The van der Waals surface area contributed by atoms with Gasteiger partial charge in [-0.05, 0) is 43.5 Å². The van der Waals surface area contributed by atoms with Crippen molar-refractivity contribution in [2.75, 3.05) is 13.1 Å². The molecule has 1 aliphatic carbocycles. The molecule has 132 valence electrons. The molecule has 1 aromatic carbocycles. The van der Waals surface area contributed by atoms with Crippen LogP contribution in [0.15, 0.2) is 24.3 Å². The molecular formula is C18H25ClN2O3. The van der Waals surface area contributed by atoms with Crippen molar-refractivity contribution in [2.45, 2.75) is 45.2 Å². The fourth-order valence-electron chi connectivity index (χ4n) is 3.13. The Labute approximate surface area is 148 Å². The molecule has 1 aromatic rings. The number of carbonyl (C=O) groups is 2. The summed E-state index contributed by atoms with van der Waals surface area (Å²) in [7, 11) is 0. The highest BCUT2D eigenvalue weighted by molar-refractivity contribution is 6.30. The standard InChI is InChI=1S/C18H25ClN2O3/c1-3-21(11-17(22)23)16-9-15(10-16)20-18(24)12(2)7-13-5-4-6-14(19)8-13/h4-6,8,12,15-16H,3,7,9-11H2,1-2H3,(H,20,24)(H,22,23). The zero-order valence-corrected chi connectivity index (χ0v) is 14.9. The number of carboxylic acid groups (broad SMARTS) is 1. The Morgan fingerprint density at radius 3 is 2.71 bits per heavy atom. The van der Waals surface area contributed by atoms with Crippen LogP contribution in [0.5, 0.6) is 0 Å². The number of rotatable bonds is 8. The molecule has 1 saturated carbocycles. The fourth-order valence-corrected chi connectivity index (χ4v) is 3.34. The van der Waals surface area contributed by atoms with Gasteiger partial charge in [0.25, 0.3) is 0 Å². The van der Waals surface area contributed by atoms with Gasteiger partial charge in [-0.25, -0.2) is 0 Å². The summed E-state index contributed by atoms with van der Waals surface area (Å²) in [5.74, 6) is -0.886. The second-order valence-corrected chi connectivity index (χ2v) is 6.96. The van der Waals surface area contributed by atoms with Crippen molar-refractivity contribution < 1.29 is 14.7 Å². The van der Waals surface area contributed by atoms with Gasteiger partial charge in [-0.15, -0.1) is 0 Å². The van der Waals surface area contributed by atoms with Crippen LogP contribution in [-0.2, 0) is 16.0 Å². The average molecular weight is 353 g/mol. The van der Waals surface area contributed by atoms with Gasteiger partial charge in [-0.1, -0.05) is 37.6 Å². The van der Waals surface area contributed by atoms with Crippen molar-refractivity contribution in [1.82, 2.24) is 10.2 Å².